The molecule has 0 atom stereocenters. The molecule has 0 fully saturated rings. The van der Waals surface area contributed by atoms with E-state index >= 15 is 0 Å². The highest BCUT2D eigenvalue weighted by atomic mass is 14.9. The minimum absolute atomic E-state index is 0.635. The van der Waals surface area contributed by atoms with E-state index in [1.165, 1.54) is 0 Å². The zero-order valence-electron chi connectivity index (χ0n) is 14.6. The summed E-state index contributed by atoms with van der Waals surface area (Å²) in [6, 6.07) is 33.2. The lowest BCUT2D eigenvalue weighted by molar-refractivity contribution is -0.00242. The molecular weight excluding hydrogens is 328 g/mol. The molecule has 2 heteroatoms. The molecule has 1 aliphatic rings. The molecule has 0 amide bonds. The maximum atomic E-state index is 9.77. The fourth-order valence-corrected chi connectivity index (χ4v) is 3.82. The van der Waals surface area contributed by atoms with Gasteiger partial charge in [0.15, 0.2) is 0 Å². The molecule has 0 aromatic heterocycles. The lowest BCUT2D eigenvalue weighted by Gasteiger charge is -2.05. The van der Waals surface area contributed by atoms with Crippen LogP contribution >= 0.6 is 0 Å². The first-order valence-corrected chi connectivity index (χ1v) is 8.97. The zero-order chi connectivity index (χ0) is 18.2. The van der Waals surface area contributed by atoms with E-state index in [0.29, 0.717) is 5.71 Å². The van der Waals surface area contributed by atoms with E-state index in [1.54, 1.807) is 0 Å². The summed E-state index contributed by atoms with van der Waals surface area (Å²) in [5.41, 5.74) is 19.1. The van der Waals surface area contributed by atoms with Crippen LogP contribution in [0.5, 0.6) is 0 Å². The summed E-state index contributed by atoms with van der Waals surface area (Å²) >= 11 is 0. The first kappa shape index (κ1) is 15.5. The van der Waals surface area contributed by atoms with Crippen molar-refractivity contribution in [2.24, 2.45) is 0 Å². The molecule has 1 aliphatic carbocycles. The van der Waals surface area contributed by atoms with Crippen molar-refractivity contribution in [3.63, 3.8) is 0 Å². The minimum Gasteiger partial charge on any atom is -0.361 e. The van der Waals surface area contributed by atoms with Crippen molar-refractivity contribution < 1.29 is 4.79 Å². The molecule has 0 heterocycles. The fraction of sp³-hybridized carbons (Fsp3) is 0. The summed E-state index contributed by atoms with van der Waals surface area (Å²) in [6.07, 6.45) is 0. The fourth-order valence-electron chi connectivity index (χ4n) is 3.82. The van der Waals surface area contributed by atoms with E-state index in [2.05, 4.69) is 65.5 Å². The summed E-state index contributed by atoms with van der Waals surface area (Å²) in [5, 5.41) is 0. The van der Waals surface area contributed by atoms with Crippen LogP contribution in [0.1, 0.15) is 11.1 Å². The van der Waals surface area contributed by atoms with Gasteiger partial charge in [0.25, 0.3) is 0 Å². The lowest BCUT2D eigenvalue weighted by atomic mass is 9.98. The molecular formula is C25H16N2. The molecule has 126 valence electrons. The summed E-state index contributed by atoms with van der Waals surface area (Å²) in [6.45, 7) is 0. The zero-order valence-corrected chi connectivity index (χ0v) is 14.6. The maximum absolute atomic E-state index is 9.77. The summed E-state index contributed by atoms with van der Waals surface area (Å²) in [4.78, 5) is 3.66. The van der Waals surface area contributed by atoms with Crippen LogP contribution in [0, 0.1) is 0 Å². The summed E-state index contributed by atoms with van der Waals surface area (Å²) in [7, 11) is 0. The van der Waals surface area contributed by atoms with Gasteiger partial charge in [-0.2, -0.15) is 4.79 Å². The summed E-state index contributed by atoms with van der Waals surface area (Å²) in [5.74, 6) is 0. The van der Waals surface area contributed by atoms with Gasteiger partial charge in [-0.05, 0) is 45.5 Å². The van der Waals surface area contributed by atoms with Crippen LogP contribution < -0.4 is 0 Å². The number of fused-ring (bicyclic) bond motifs is 3. The highest BCUT2D eigenvalue weighted by Gasteiger charge is 2.31. The van der Waals surface area contributed by atoms with E-state index < -0.39 is 0 Å². The molecule has 0 saturated carbocycles. The Kier molecular flexibility index (Phi) is 3.57. The molecule has 0 bridgehead atoms. The van der Waals surface area contributed by atoms with Crippen molar-refractivity contribution in [1.82, 2.24) is 0 Å². The van der Waals surface area contributed by atoms with E-state index in [4.69, 9.17) is 0 Å². The smallest absolute Gasteiger partial charge is 0.330 e. The third-order valence-corrected chi connectivity index (χ3v) is 5.15. The number of nitrogens with zero attached hydrogens (tertiary/aromatic N) is 2. The Morgan fingerprint density at radius 3 is 1.30 bits per heavy atom. The second-order valence-electron chi connectivity index (χ2n) is 6.70. The van der Waals surface area contributed by atoms with Crippen molar-refractivity contribution in [3.8, 4) is 33.4 Å². The van der Waals surface area contributed by atoms with Gasteiger partial charge < -0.3 is 5.53 Å². The largest absolute Gasteiger partial charge is 0.361 e. The average molecular weight is 344 g/mol. The second-order valence-corrected chi connectivity index (χ2v) is 6.70. The van der Waals surface area contributed by atoms with Gasteiger partial charge in [0.2, 0.25) is 0 Å². The van der Waals surface area contributed by atoms with Crippen LogP contribution in [0.3, 0.4) is 0 Å². The molecule has 0 aliphatic heterocycles. The van der Waals surface area contributed by atoms with Crippen molar-refractivity contribution >= 4 is 5.71 Å². The standard InChI is InChI=1S/C25H16N2/c26-27-25-23-15-19(17-7-3-1-4-8-17)11-13-21(23)22-14-12-20(16-24(22)25)18-9-5-2-6-10-18/h1-16H. The quantitative estimate of drug-likeness (QED) is 0.275. The Morgan fingerprint density at radius 2 is 0.889 bits per heavy atom. The van der Waals surface area contributed by atoms with Gasteiger partial charge in [-0.3, -0.25) is 0 Å². The van der Waals surface area contributed by atoms with Crippen LogP contribution in [-0.4, -0.2) is 10.5 Å². The third kappa shape index (κ3) is 2.52. The van der Waals surface area contributed by atoms with Crippen LogP contribution in [-0.2, 0) is 0 Å². The van der Waals surface area contributed by atoms with Gasteiger partial charge >= 0.3 is 5.71 Å². The van der Waals surface area contributed by atoms with Gasteiger partial charge in [0.05, 0.1) is 11.1 Å². The molecule has 2 nitrogen and oxygen atoms in total. The van der Waals surface area contributed by atoms with Crippen molar-refractivity contribution in [1.29, 1.82) is 0 Å². The molecule has 0 spiro atoms. The van der Waals surface area contributed by atoms with Crippen molar-refractivity contribution in [2.45, 2.75) is 0 Å². The third-order valence-electron chi connectivity index (χ3n) is 5.15. The van der Waals surface area contributed by atoms with Crippen molar-refractivity contribution in [2.75, 3.05) is 0 Å². The lowest BCUT2D eigenvalue weighted by Crippen LogP contribution is -1.99. The summed E-state index contributed by atoms with van der Waals surface area (Å²) < 4.78 is 0. The predicted octanol–water partition coefficient (Wildman–Crippen LogP) is 6.07. The van der Waals surface area contributed by atoms with E-state index in [9.17, 15) is 5.53 Å². The molecule has 0 unspecified atom stereocenters. The van der Waals surface area contributed by atoms with E-state index in [-0.39, 0.29) is 0 Å². The Balaban J connectivity index is 1.66. The Hall–Kier alpha value is -3.74. The molecule has 0 radical (unpaired) electrons. The highest BCUT2D eigenvalue weighted by molar-refractivity contribution is 6.22. The Morgan fingerprint density at radius 1 is 0.444 bits per heavy atom. The Labute approximate surface area is 158 Å². The van der Waals surface area contributed by atoms with Crippen LogP contribution in [0.2, 0.25) is 0 Å². The predicted molar refractivity (Wildman–Crippen MR) is 110 cm³/mol. The van der Waals surface area contributed by atoms with Gasteiger partial charge in [-0.25, -0.2) is 0 Å². The maximum Gasteiger partial charge on any atom is 0.330 e. The molecule has 4 aromatic rings. The van der Waals surface area contributed by atoms with Crippen molar-refractivity contribution in [3.05, 3.63) is 114 Å². The molecule has 0 N–H and O–H groups in total. The second kappa shape index (κ2) is 6.21. The number of rotatable bonds is 2. The van der Waals surface area contributed by atoms with Gasteiger partial charge in [-0.15, -0.1) is 0 Å². The molecule has 5 rings (SSSR count). The topological polar surface area (TPSA) is 36.4 Å². The number of hydrogen-bond donors (Lipinski definition) is 0. The van der Waals surface area contributed by atoms with Crippen LogP contribution in [0.4, 0.5) is 0 Å². The SMILES string of the molecule is [N-]=[N+]=C1c2cc(-c3ccccc3)ccc2-c2ccc(-c3ccccc3)cc21. The Bertz CT molecular complexity index is 1110. The molecule has 27 heavy (non-hydrogen) atoms. The number of hydrogen-bond acceptors (Lipinski definition) is 0. The van der Waals surface area contributed by atoms with E-state index in [1.807, 2.05) is 36.4 Å². The average Bonchev–Trinajstić information content (AvgIpc) is 3.07. The van der Waals surface area contributed by atoms with E-state index in [0.717, 1.165) is 44.5 Å². The first-order chi connectivity index (χ1) is 13.3. The van der Waals surface area contributed by atoms with Crippen LogP contribution in [0.15, 0.2) is 97.1 Å². The van der Waals surface area contributed by atoms with Gasteiger partial charge in [0, 0.05) is 0 Å². The van der Waals surface area contributed by atoms with Crippen LogP contribution in [0.25, 0.3) is 38.9 Å². The molecule has 0 saturated heterocycles. The van der Waals surface area contributed by atoms with Gasteiger partial charge in [-0.1, -0.05) is 84.9 Å². The minimum atomic E-state index is 0.635. The highest BCUT2D eigenvalue weighted by Crippen LogP contribution is 2.40. The molecule has 4 aromatic carbocycles. The first-order valence-electron chi connectivity index (χ1n) is 8.97. The number of benzene rings is 4. The monoisotopic (exact) mass is 344 g/mol. The van der Waals surface area contributed by atoms with Gasteiger partial charge in [0.1, 0.15) is 0 Å². The normalized spacial score (nSPS) is 11.6.